The van der Waals surface area contributed by atoms with Gasteiger partial charge in [-0.15, -0.1) is 0 Å². The van der Waals surface area contributed by atoms with Gasteiger partial charge in [0.05, 0.1) is 29.5 Å². The van der Waals surface area contributed by atoms with Gasteiger partial charge in [0, 0.05) is 0 Å². The maximum Gasteiger partial charge on any atom is 0.334 e. The number of carboxylic acids is 1. The molecule has 6 heteroatoms. The minimum Gasteiger partial charge on any atom is -0.478 e. The van der Waals surface area contributed by atoms with Crippen LogP contribution in [0.3, 0.4) is 0 Å². The van der Waals surface area contributed by atoms with Gasteiger partial charge in [-0.05, 0) is 0 Å². The zero-order chi connectivity index (χ0) is 10.1. The maximum absolute atomic E-state index is 11.0. The Kier molecular flexibility index (Phi) is 1.81. The van der Waals surface area contributed by atoms with Crippen molar-refractivity contribution in [1.29, 1.82) is 0 Å². The summed E-state index contributed by atoms with van der Waals surface area (Å²) in [6.07, 6.45) is 2.52. The summed E-state index contributed by atoms with van der Waals surface area (Å²) >= 11 is 0. The van der Waals surface area contributed by atoms with E-state index < -0.39 is 5.97 Å². The van der Waals surface area contributed by atoms with E-state index in [0.29, 0.717) is 5.56 Å². The molecule has 14 heavy (non-hydrogen) atoms. The minimum atomic E-state index is -1.11. The Morgan fingerprint density at radius 2 is 2.43 bits per heavy atom. The standard InChI is InChI=1S/C8H6N2O4/c11-6-1-5(8(12)13)7(10-6)4-2-9-14-3-4/h2-3H,1H2,(H,10,11)(H,12,13). The van der Waals surface area contributed by atoms with Gasteiger partial charge in [0.1, 0.15) is 6.26 Å². The number of hydrogen-bond acceptors (Lipinski definition) is 4. The molecule has 1 aliphatic heterocycles. The van der Waals surface area contributed by atoms with E-state index >= 15 is 0 Å². The molecule has 72 valence electrons. The fourth-order valence-corrected chi connectivity index (χ4v) is 1.27. The third-order valence-corrected chi connectivity index (χ3v) is 1.88. The van der Waals surface area contributed by atoms with Crippen molar-refractivity contribution in [3.8, 4) is 0 Å². The van der Waals surface area contributed by atoms with Crippen LogP contribution in [0.1, 0.15) is 12.0 Å². The number of rotatable bonds is 2. The van der Waals surface area contributed by atoms with E-state index in [-0.39, 0.29) is 23.6 Å². The number of carbonyl (C=O) groups is 2. The molecule has 0 saturated heterocycles. The van der Waals surface area contributed by atoms with E-state index in [1.165, 1.54) is 12.5 Å². The van der Waals surface area contributed by atoms with Gasteiger partial charge < -0.3 is 14.9 Å². The molecule has 0 atom stereocenters. The molecule has 0 spiro atoms. The van der Waals surface area contributed by atoms with E-state index in [0.717, 1.165) is 0 Å². The van der Waals surface area contributed by atoms with E-state index in [1.54, 1.807) is 0 Å². The number of nitrogens with one attached hydrogen (secondary N) is 1. The largest absolute Gasteiger partial charge is 0.478 e. The molecule has 0 fully saturated rings. The van der Waals surface area contributed by atoms with Crippen LogP contribution in [0, 0.1) is 0 Å². The zero-order valence-corrected chi connectivity index (χ0v) is 6.98. The van der Waals surface area contributed by atoms with Crippen molar-refractivity contribution in [2.24, 2.45) is 0 Å². The normalized spacial score (nSPS) is 15.9. The van der Waals surface area contributed by atoms with Crippen molar-refractivity contribution in [2.75, 3.05) is 0 Å². The Morgan fingerprint density at radius 3 is 3.00 bits per heavy atom. The second-order valence-corrected chi connectivity index (χ2v) is 2.80. The highest BCUT2D eigenvalue weighted by Gasteiger charge is 2.27. The molecule has 1 aliphatic rings. The van der Waals surface area contributed by atoms with Crippen molar-refractivity contribution in [2.45, 2.75) is 6.42 Å². The van der Waals surface area contributed by atoms with E-state index in [1.807, 2.05) is 0 Å². The number of carbonyl (C=O) groups excluding carboxylic acids is 1. The monoisotopic (exact) mass is 194 g/mol. The lowest BCUT2D eigenvalue weighted by Gasteiger charge is -1.98. The van der Waals surface area contributed by atoms with E-state index in [4.69, 9.17) is 5.11 Å². The predicted molar refractivity (Wildman–Crippen MR) is 43.8 cm³/mol. The van der Waals surface area contributed by atoms with Crippen LogP contribution in [0.5, 0.6) is 0 Å². The highest BCUT2D eigenvalue weighted by Crippen LogP contribution is 2.23. The van der Waals surface area contributed by atoms with Crippen LogP contribution < -0.4 is 5.32 Å². The number of carboxylic acid groups (broad SMARTS) is 1. The maximum atomic E-state index is 11.0. The lowest BCUT2D eigenvalue weighted by atomic mass is 10.1. The van der Waals surface area contributed by atoms with E-state index in [2.05, 4.69) is 15.0 Å². The Balaban J connectivity index is 2.45. The van der Waals surface area contributed by atoms with Crippen LogP contribution >= 0.6 is 0 Å². The highest BCUT2D eigenvalue weighted by molar-refractivity contribution is 6.08. The first-order chi connectivity index (χ1) is 6.68. The summed E-state index contributed by atoms with van der Waals surface area (Å²) in [6, 6.07) is 0. The number of hydrogen-bond donors (Lipinski definition) is 2. The molecule has 1 amide bonds. The van der Waals surface area contributed by atoms with Crippen molar-refractivity contribution in [1.82, 2.24) is 10.5 Å². The molecule has 0 bridgehead atoms. The fourth-order valence-electron chi connectivity index (χ4n) is 1.27. The van der Waals surface area contributed by atoms with Crippen LogP contribution in [0.2, 0.25) is 0 Å². The molecule has 1 aromatic heterocycles. The quantitative estimate of drug-likeness (QED) is 0.690. The summed E-state index contributed by atoms with van der Waals surface area (Å²) < 4.78 is 4.56. The van der Waals surface area contributed by atoms with Gasteiger partial charge in [0.25, 0.3) is 0 Å². The molecule has 0 radical (unpaired) electrons. The Morgan fingerprint density at radius 1 is 1.64 bits per heavy atom. The molecule has 6 nitrogen and oxygen atoms in total. The number of aliphatic carboxylic acids is 1. The smallest absolute Gasteiger partial charge is 0.334 e. The molecule has 0 unspecified atom stereocenters. The molecule has 2 heterocycles. The van der Waals surface area contributed by atoms with Gasteiger partial charge in [-0.3, -0.25) is 4.79 Å². The minimum absolute atomic E-state index is 0.0400. The molecule has 0 aliphatic carbocycles. The summed E-state index contributed by atoms with van der Waals surface area (Å²) in [6.45, 7) is 0. The number of amides is 1. The van der Waals surface area contributed by atoms with Gasteiger partial charge in [0.15, 0.2) is 0 Å². The first kappa shape index (κ1) is 8.49. The van der Waals surface area contributed by atoms with Crippen LogP contribution in [0.25, 0.3) is 5.70 Å². The average Bonchev–Trinajstić information content (AvgIpc) is 2.70. The van der Waals surface area contributed by atoms with Crippen LogP contribution in [-0.4, -0.2) is 22.1 Å². The second-order valence-electron chi connectivity index (χ2n) is 2.80. The van der Waals surface area contributed by atoms with Gasteiger partial charge in [-0.1, -0.05) is 5.16 Å². The van der Waals surface area contributed by atoms with Gasteiger partial charge >= 0.3 is 5.97 Å². The van der Waals surface area contributed by atoms with Crippen molar-refractivity contribution in [3.63, 3.8) is 0 Å². The van der Waals surface area contributed by atoms with Gasteiger partial charge in [-0.25, -0.2) is 4.79 Å². The number of nitrogens with zero attached hydrogens (tertiary/aromatic N) is 1. The highest BCUT2D eigenvalue weighted by atomic mass is 16.5. The Labute approximate surface area is 78.2 Å². The molecule has 0 aromatic carbocycles. The van der Waals surface area contributed by atoms with E-state index in [9.17, 15) is 9.59 Å². The predicted octanol–water partition coefficient (Wildman–Crippen LogP) is -0.00980. The molecular formula is C8H6N2O4. The summed E-state index contributed by atoms with van der Waals surface area (Å²) in [4.78, 5) is 21.7. The third kappa shape index (κ3) is 1.26. The van der Waals surface area contributed by atoms with Crippen LogP contribution in [-0.2, 0) is 9.59 Å². The molecule has 0 saturated carbocycles. The second kappa shape index (κ2) is 2.99. The van der Waals surface area contributed by atoms with Crippen molar-refractivity contribution in [3.05, 3.63) is 23.6 Å². The molecule has 1 aromatic rings. The molecule has 2 rings (SSSR count). The van der Waals surface area contributed by atoms with Gasteiger partial charge in [0.2, 0.25) is 5.91 Å². The average molecular weight is 194 g/mol. The summed E-state index contributed by atoms with van der Waals surface area (Å²) in [5.74, 6) is -1.45. The number of aromatic nitrogens is 1. The lowest BCUT2D eigenvalue weighted by molar-refractivity contribution is -0.133. The Bertz CT molecular complexity index is 419. The molecule has 2 N–H and O–H groups in total. The van der Waals surface area contributed by atoms with Crippen molar-refractivity contribution < 1.29 is 19.2 Å². The Hall–Kier alpha value is -2.11. The summed E-state index contributed by atoms with van der Waals surface area (Å²) in [5.41, 5.74) is 0.773. The van der Waals surface area contributed by atoms with Crippen LogP contribution in [0.15, 0.2) is 22.6 Å². The first-order valence-electron chi connectivity index (χ1n) is 3.84. The summed E-state index contributed by atoms with van der Waals surface area (Å²) in [7, 11) is 0. The van der Waals surface area contributed by atoms with Crippen molar-refractivity contribution >= 4 is 17.6 Å². The van der Waals surface area contributed by atoms with Crippen LogP contribution in [0.4, 0.5) is 0 Å². The zero-order valence-electron chi connectivity index (χ0n) is 6.98. The topological polar surface area (TPSA) is 92.4 Å². The molecular weight excluding hydrogens is 188 g/mol. The summed E-state index contributed by atoms with van der Waals surface area (Å²) in [5, 5.41) is 14.7. The first-order valence-corrected chi connectivity index (χ1v) is 3.84. The van der Waals surface area contributed by atoms with Gasteiger partial charge in [-0.2, -0.15) is 0 Å². The fraction of sp³-hybridized carbons (Fsp3) is 0.125. The SMILES string of the molecule is O=C1CC(C(=O)O)=C(c2cnoc2)N1. The third-order valence-electron chi connectivity index (χ3n) is 1.88. The lowest BCUT2D eigenvalue weighted by Crippen LogP contribution is -2.13.